The van der Waals surface area contributed by atoms with Crippen LogP contribution >= 0.6 is 11.6 Å². The van der Waals surface area contributed by atoms with Crippen molar-refractivity contribution in [2.75, 3.05) is 0 Å². The van der Waals surface area contributed by atoms with Crippen LogP contribution in [0, 0.1) is 0 Å². The molecule has 0 aliphatic carbocycles. The minimum Gasteiger partial charge on any atom is -0.452 e. The van der Waals surface area contributed by atoms with E-state index in [-0.39, 0.29) is 5.22 Å². The zero-order valence-electron chi connectivity index (χ0n) is 3.93. The minimum absolute atomic E-state index is 0.153. The molecule has 0 atom stereocenters. The fourth-order valence-electron chi connectivity index (χ4n) is 0.386. The van der Waals surface area contributed by atoms with Gasteiger partial charge in [-0.2, -0.15) is 0 Å². The molecule has 1 aromatic rings. The maximum atomic E-state index is 9.94. The summed E-state index contributed by atoms with van der Waals surface area (Å²) < 4.78 is 4.59. The predicted molar refractivity (Wildman–Crippen MR) is 29.1 cm³/mol. The summed E-state index contributed by atoms with van der Waals surface area (Å²) in [5, 5.41) is 0.153. The Labute approximate surface area is 51.1 Å². The number of carbonyl (C=O) groups excluding carboxylic acids is 1. The second-order valence-electron chi connectivity index (χ2n) is 1.27. The van der Waals surface area contributed by atoms with Gasteiger partial charge in [0.25, 0.3) is 0 Å². The zero-order valence-corrected chi connectivity index (χ0v) is 4.68. The SMILES string of the molecule is O=Cc1ccoc1Cl. The van der Waals surface area contributed by atoms with E-state index in [1.54, 1.807) is 0 Å². The first kappa shape index (κ1) is 5.38. The standard InChI is InChI=1S/C5H3ClO2/c6-5-4(3-7)1-2-8-5/h1-3H. The largest absolute Gasteiger partial charge is 0.452 e. The molecule has 0 aliphatic heterocycles. The molecule has 1 heterocycles. The van der Waals surface area contributed by atoms with Gasteiger partial charge >= 0.3 is 0 Å². The summed E-state index contributed by atoms with van der Waals surface area (Å²) in [4.78, 5) is 9.94. The van der Waals surface area contributed by atoms with E-state index in [1.807, 2.05) is 0 Å². The van der Waals surface area contributed by atoms with E-state index in [2.05, 4.69) is 4.42 Å². The van der Waals surface area contributed by atoms with E-state index in [0.29, 0.717) is 11.8 Å². The molecule has 3 heteroatoms. The first-order valence-electron chi connectivity index (χ1n) is 2.03. The van der Waals surface area contributed by atoms with Gasteiger partial charge in [-0.3, -0.25) is 4.79 Å². The molecule has 0 unspecified atom stereocenters. The Morgan fingerprint density at radius 3 is 2.75 bits per heavy atom. The highest BCUT2D eigenvalue weighted by Crippen LogP contribution is 2.13. The summed E-state index contributed by atoms with van der Waals surface area (Å²) in [6, 6.07) is 1.51. The molecular formula is C5H3ClO2. The third kappa shape index (κ3) is 0.746. The molecule has 0 fully saturated rings. The molecule has 42 valence electrons. The molecule has 2 nitrogen and oxygen atoms in total. The van der Waals surface area contributed by atoms with Crippen LogP contribution in [0.25, 0.3) is 0 Å². The van der Waals surface area contributed by atoms with Gasteiger partial charge in [0.05, 0.1) is 11.8 Å². The van der Waals surface area contributed by atoms with Gasteiger partial charge in [0.2, 0.25) is 5.22 Å². The van der Waals surface area contributed by atoms with Crippen molar-refractivity contribution < 1.29 is 9.21 Å². The smallest absolute Gasteiger partial charge is 0.203 e. The Kier molecular flexibility index (Phi) is 1.35. The number of carbonyl (C=O) groups is 1. The topological polar surface area (TPSA) is 30.2 Å². The third-order valence-corrected chi connectivity index (χ3v) is 1.08. The molecule has 0 bridgehead atoms. The molecule has 0 N–H and O–H groups in total. The summed E-state index contributed by atoms with van der Waals surface area (Å²) >= 11 is 5.34. The van der Waals surface area contributed by atoms with Crippen molar-refractivity contribution >= 4 is 17.9 Å². The van der Waals surface area contributed by atoms with Crippen LogP contribution in [0.15, 0.2) is 16.7 Å². The Morgan fingerprint density at radius 1 is 1.75 bits per heavy atom. The maximum absolute atomic E-state index is 9.94. The molecule has 1 rings (SSSR count). The molecule has 0 spiro atoms. The van der Waals surface area contributed by atoms with Gasteiger partial charge in [0.1, 0.15) is 0 Å². The second kappa shape index (κ2) is 2.01. The van der Waals surface area contributed by atoms with Gasteiger partial charge in [-0.25, -0.2) is 0 Å². The van der Waals surface area contributed by atoms with Crippen molar-refractivity contribution in [3.63, 3.8) is 0 Å². The fourth-order valence-corrected chi connectivity index (χ4v) is 0.545. The normalized spacial score (nSPS) is 9.12. The van der Waals surface area contributed by atoms with Crippen LogP contribution in [0.2, 0.25) is 5.22 Å². The highest BCUT2D eigenvalue weighted by atomic mass is 35.5. The third-order valence-electron chi connectivity index (χ3n) is 0.773. The van der Waals surface area contributed by atoms with Gasteiger partial charge in [0, 0.05) is 0 Å². The van der Waals surface area contributed by atoms with Gasteiger partial charge in [-0.15, -0.1) is 0 Å². The van der Waals surface area contributed by atoms with Gasteiger partial charge in [-0.05, 0) is 17.7 Å². The van der Waals surface area contributed by atoms with E-state index in [0.717, 1.165) is 0 Å². The monoisotopic (exact) mass is 130 g/mol. The van der Waals surface area contributed by atoms with Crippen molar-refractivity contribution in [1.29, 1.82) is 0 Å². The van der Waals surface area contributed by atoms with E-state index in [1.165, 1.54) is 12.3 Å². The molecule has 1 aromatic heterocycles. The van der Waals surface area contributed by atoms with Crippen LogP contribution < -0.4 is 0 Å². The lowest BCUT2D eigenvalue weighted by Gasteiger charge is -1.75. The highest BCUT2D eigenvalue weighted by molar-refractivity contribution is 6.31. The van der Waals surface area contributed by atoms with Crippen molar-refractivity contribution in [1.82, 2.24) is 0 Å². The molecule has 0 aliphatic rings. The number of hydrogen-bond acceptors (Lipinski definition) is 2. The molecule has 0 saturated heterocycles. The van der Waals surface area contributed by atoms with E-state index >= 15 is 0 Å². The summed E-state index contributed by atoms with van der Waals surface area (Å²) in [5.74, 6) is 0. The first-order chi connectivity index (χ1) is 3.84. The Morgan fingerprint density at radius 2 is 2.50 bits per heavy atom. The molecular weight excluding hydrogens is 128 g/mol. The van der Waals surface area contributed by atoms with Crippen molar-refractivity contribution in [2.45, 2.75) is 0 Å². The van der Waals surface area contributed by atoms with Crippen LogP contribution in [0.4, 0.5) is 0 Å². The van der Waals surface area contributed by atoms with Crippen LogP contribution in [0.1, 0.15) is 10.4 Å². The van der Waals surface area contributed by atoms with Crippen molar-refractivity contribution in [2.24, 2.45) is 0 Å². The number of aldehydes is 1. The lowest BCUT2D eigenvalue weighted by Crippen LogP contribution is -1.69. The zero-order chi connectivity index (χ0) is 5.98. The van der Waals surface area contributed by atoms with Crippen molar-refractivity contribution in [3.8, 4) is 0 Å². The maximum Gasteiger partial charge on any atom is 0.203 e. The van der Waals surface area contributed by atoms with E-state index in [9.17, 15) is 4.79 Å². The van der Waals surface area contributed by atoms with Gasteiger partial charge < -0.3 is 4.42 Å². The van der Waals surface area contributed by atoms with Crippen LogP contribution in [-0.2, 0) is 0 Å². The second-order valence-corrected chi connectivity index (χ2v) is 1.61. The van der Waals surface area contributed by atoms with Gasteiger partial charge in [0.15, 0.2) is 6.29 Å². The Hall–Kier alpha value is -0.760. The average molecular weight is 131 g/mol. The quantitative estimate of drug-likeness (QED) is 0.542. The average Bonchev–Trinajstić information content (AvgIpc) is 2.14. The minimum atomic E-state index is 0.153. The summed E-state index contributed by atoms with van der Waals surface area (Å²) in [5.41, 5.74) is 0.395. The Balaban J connectivity index is 3.09. The number of rotatable bonds is 1. The number of hydrogen-bond donors (Lipinski definition) is 0. The van der Waals surface area contributed by atoms with Gasteiger partial charge in [-0.1, -0.05) is 0 Å². The summed E-state index contributed by atoms with van der Waals surface area (Å²) in [6.45, 7) is 0. The Bertz CT molecular complexity index is 192. The highest BCUT2D eigenvalue weighted by Gasteiger charge is 1.97. The molecule has 0 radical (unpaired) electrons. The lowest BCUT2D eigenvalue weighted by molar-refractivity contribution is 0.112. The molecule has 0 aromatic carbocycles. The fraction of sp³-hybridized carbons (Fsp3) is 0. The van der Waals surface area contributed by atoms with Crippen molar-refractivity contribution in [3.05, 3.63) is 23.1 Å². The lowest BCUT2D eigenvalue weighted by atomic mass is 10.4. The van der Waals surface area contributed by atoms with Crippen LogP contribution in [0.3, 0.4) is 0 Å². The molecule has 0 amide bonds. The van der Waals surface area contributed by atoms with E-state index < -0.39 is 0 Å². The van der Waals surface area contributed by atoms with Crippen LogP contribution in [0.5, 0.6) is 0 Å². The molecule has 8 heavy (non-hydrogen) atoms. The van der Waals surface area contributed by atoms with E-state index in [4.69, 9.17) is 11.6 Å². The number of furan rings is 1. The predicted octanol–water partition coefficient (Wildman–Crippen LogP) is 1.75. The number of halogens is 1. The summed E-state index contributed by atoms with van der Waals surface area (Å²) in [6.07, 6.45) is 2.01. The summed E-state index contributed by atoms with van der Waals surface area (Å²) in [7, 11) is 0. The molecule has 0 saturated carbocycles. The van der Waals surface area contributed by atoms with Crippen LogP contribution in [-0.4, -0.2) is 6.29 Å². The first-order valence-corrected chi connectivity index (χ1v) is 2.40.